The Morgan fingerprint density at radius 2 is 2.07 bits per heavy atom. The predicted octanol–water partition coefficient (Wildman–Crippen LogP) is 4.34. The van der Waals surface area contributed by atoms with Crippen LogP contribution in [0.3, 0.4) is 0 Å². The van der Waals surface area contributed by atoms with Crippen molar-refractivity contribution in [1.82, 2.24) is 20.2 Å². The first-order valence-electron chi connectivity index (χ1n) is 8.27. The number of nitrogens with one attached hydrogen (secondary N) is 1. The molecule has 0 spiro atoms. The van der Waals surface area contributed by atoms with E-state index in [1.807, 2.05) is 42.7 Å². The second-order valence-corrected chi connectivity index (χ2v) is 9.08. The van der Waals surface area contributed by atoms with E-state index in [-0.39, 0.29) is 11.7 Å². The highest BCUT2D eigenvalue weighted by atomic mass is 79.9. The number of amides is 1. The molecule has 0 unspecified atom stereocenters. The molecule has 0 aliphatic rings. The van der Waals surface area contributed by atoms with Gasteiger partial charge in [0.1, 0.15) is 0 Å². The van der Waals surface area contributed by atoms with Gasteiger partial charge in [0.25, 0.3) is 5.91 Å². The Morgan fingerprint density at radius 1 is 1.30 bits per heavy atom. The largest absolute Gasteiger partial charge is 0.302 e. The lowest BCUT2D eigenvalue weighted by molar-refractivity contribution is -0.118. The van der Waals surface area contributed by atoms with E-state index < -0.39 is 0 Å². The molecule has 0 aliphatic carbocycles. The van der Waals surface area contributed by atoms with Crippen LogP contribution >= 0.6 is 39.0 Å². The van der Waals surface area contributed by atoms with Crippen LogP contribution in [0.1, 0.15) is 17.4 Å². The van der Waals surface area contributed by atoms with Crippen molar-refractivity contribution in [2.75, 3.05) is 5.75 Å². The first-order chi connectivity index (χ1) is 13.1. The Balaban J connectivity index is 1.59. The summed E-state index contributed by atoms with van der Waals surface area (Å²) in [5, 5.41) is 13.2. The van der Waals surface area contributed by atoms with Gasteiger partial charge in [0.2, 0.25) is 0 Å². The van der Waals surface area contributed by atoms with Gasteiger partial charge in [0.05, 0.1) is 15.8 Å². The number of carbonyl (C=O) groups excluding carboxylic acids is 1. The molecule has 1 aromatic carbocycles. The molecule has 6 nitrogen and oxygen atoms in total. The van der Waals surface area contributed by atoms with E-state index in [9.17, 15) is 4.79 Å². The molecular formula is C18H18BrN5OS2. The third-order valence-electron chi connectivity index (χ3n) is 3.65. The standard InChI is InChI=1S/C18H18BrN5OS2/c1-3-24-17(13-6-4-12(2)5-7-13)22-23-18(24)26-11-16(25)21-20-10-14-8-9-15(19)27-14/h4-10H,3,11H2,1-2H3,(H,21,25). The lowest BCUT2D eigenvalue weighted by Gasteiger charge is -2.07. The average Bonchev–Trinajstić information content (AvgIpc) is 3.26. The van der Waals surface area contributed by atoms with Crippen LogP contribution in [0.25, 0.3) is 11.4 Å². The molecule has 3 rings (SSSR count). The number of carbonyl (C=O) groups is 1. The maximum Gasteiger partial charge on any atom is 0.250 e. The number of nitrogens with zero attached hydrogens (tertiary/aromatic N) is 4. The van der Waals surface area contributed by atoms with Gasteiger partial charge in [0, 0.05) is 17.0 Å². The third-order valence-corrected chi connectivity index (χ3v) is 6.18. The number of hydrogen-bond acceptors (Lipinski definition) is 6. The van der Waals surface area contributed by atoms with E-state index in [4.69, 9.17) is 0 Å². The van der Waals surface area contributed by atoms with Crippen molar-refractivity contribution in [3.63, 3.8) is 0 Å². The van der Waals surface area contributed by atoms with Crippen LogP contribution in [0.2, 0.25) is 0 Å². The van der Waals surface area contributed by atoms with E-state index in [0.29, 0.717) is 0 Å². The summed E-state index contributed by atoms with van der Waals surface area (Å²) in [5.74, 6) is 0.841. The van der Waals surface area contributed by atoms with Crippen molar-refractivity contribution < 1.29 is 4.79 Å². The van der Waals surface area contributed by atoms with Crippen molar-refractivity contribution in [2.24, 2.45) is 5.10 Å². The van der Waals surface area contributed by atoms with E-state index in [0.717, 1.165) is 31.8 Å². The first kappa shape index (κ1) is 19.8. The maximum absolute atomic E-state index is 12.0. The summed E-state index contributed by atoms with van der Waals surface area (Å²) in [7, 11) is 0. The number of hydrazone groups is 1. The number of benzene rings is 1. The van der Waals surface area contributed by atoms with E-state index in [1.165, 1.54) is 17.3 Å². The summed E-state index contributed by atoms with van der Waals surface area (Å²) in [6, 6.07) is 12.0. The fourth-order valence-electron chi connectivity index (χ4n) is 2.32. The fraction of sp³-hybridized carbons (Fsp3) is 0.222. The fourth-order valence-corrected chi connectivity index (χ4v) is 4.41. The zero-order valence-corrected chi connectivity index (χ0v) is 18.1. The highest BCUT2D eigenvalue weighted by Gasteiger charge is 2.14. The number of thioether (sulfide) groups is 1. The van der Waals surface area contributed by atoms with Crippen LogP contribution in [0.5, 0.6) is 0 Å². The molecule has 0 radical (unpaired) electrons. The second-order valence-electron chi connectivity index (χ2n) is 5.64. The van der Waals surface area contributed by atoms with Crippen LogP contribution < -0.4 is 5.43 Å². The minimum absolute atomic E-state index is 0.186. The zero-order chi connectivity index (χ0) is 19.2. The SMILES string of the molecule is CCn1c(SCC(=O)NN=Cc2ccc(Br)s2)nnc1-c1ccc(C)cc1. The number of aryl methyl sites for hydroxylation is 1. The normalized spacial score (nSPS) is 11.2. The number of rotatable bonds is 7. The molecule has 0 saturated carbocycles. The Labute approximate surface area is 174 Å². The van der Waals surface area contributed by atoms with Gasteiger partial charge in [0.15, 0.2) is 11.0 Å². The zero-order valence-electron chi connectivity index (χ0n) is 14.8. The summed E-state index contributed by atoms with van der Waals surface area (Å²) in [6.07, 6.45) is 1.63. The molecule has 1 N–H and O–H groups in total. The summed E-state index contributed by atoms with van der Waals surface area (Å²) < 4.78 is 3.03. The molecule has 2 heterocycles. The smallest absolute Gasteiger partial charge is 0.250 e. The molecule has 0 bridgehead atoms. The van der Waals surface area contributed by atoms with Crippen LogP contribution in [0.4, 0.5) is 0 Å². The highest BCUT2D eigenvalue weighted by molar-refractivity contribution is 9.11. The monoisotopic (exact) mass is 463 g/mol. The van der Waals surface area contributed by atoms with Crippen LogP contribution in [-0.4, -0.2) is 32.6 Å². The Bertz CT molecular complexity index is 949. The van der Waals surface area contributed by atoms with Crippen LogP contribution in [-0.2, 0) is 11.3 Å². The summed E-state index contributed by atoms with van der Waals surface area (Å²) in [4.78, 5) is 13.0. The van der Waals surface area contributed by atoms with Gasteiger partial charge in [-0.05, 0) is 41.9 Å². The van der Waals surface area contributed by atoms with Crippen LogP contribution in [0.15, 0.2) is 50.4 Å². The molecule has 27 heavy (non-hydrogen) atoms. The van der Waals surface area contributed by atoms with Gasteiger partial charge in [-0.2, -0.15) is 5.10 Å². The maximum atomic E-state index is 12.0. The quantitative estimate of drug-likeness (QED) is 0.321. The van der Waals surface area contributed by atoms with E-state index in [1.54, 1.807) is 17.6 Å². The van der Waals surface area contributed by atoms with Crippen molar-refractivity contribution >= 4 is 51.2 Å². The van der Waals surface area contributed by atoms with Crippen molar-refractivity contribution in [1.29, 1.82) is 0 Å². The lowest BCUT2D eigenvalue weighted by atomic mass is 10.1. The number of hydrogen-bond donors (Lipinski definition) is 1. The van der Waals surface area contributed by atoms with Gasteiger partial charge in [-0.3, -0.25) is 4.79 Å². The molecule has 9 heteroatoms. The minimum Gasteiger partial charge on any atom is -0.302 e. The molecule has 0 aliphatic heterocycles. The Hall–Kier alpha value is -1.97. The molecule has 0 atom stereocenters. The van der Waals surface area contributed by atoms with Gasteiger partial charge >= 0.3 is 0 Å². The second kappa shape index (κ2) is 9.29. The van der Waals surface area contributed by atoms with Crippen molar-refractivity contribution in [2.45, 2.75) is 25.5 Å². The number of halogens is 1. The van der Waals surface area contributed by atoms with Gasteiger partial charge in [-0.25, -0.2) is 5.43 Å². The third kappa shape index (κ3) is 5.27. The summed E-state index contributed by atoms with van der Waals surface area (Å²) >= 11 is 6.28. The van der Waals surface area contributed by atoms with Crippen molar-refractivity contribution in [3.05, 3.63) is 50.6 Å². The van der Waals surface area contributed by atoms with E-state index >= 15 is 0 Å². The molecule has 0 fully saturated rings. The summed E-state index contributed by atoms with van der Waals surface area (Å²) in [5.41, 5.74) is 4.75. The Morgan fingerprint density at radius 3 is 2.74 bits per heavy atom. The molecule has 140 valence electrons. The minimum atomic E-state index is -0.186. The Kier molecular flexibility index (Phi) is 6.81. The lowest BCUT2D eigenvalue weighted by Crippen LogP contribution is -2.19. The molecule has 3 aromatic rings. The van der Waals surface area contributed by atoms with Gasteiger partial charge in [-0.1, -0.05) is 41.6 Å². The highest BCUT2D eigenvalue weighted by Crippen LogP contribution is 2.24. The molecule has 0 saturated heterocycles. The average molecular weight is 464 g/mol. The van der Waals surface area contributed by atoms with E-state index in [2.05, 4.69) is 48.8 Å². The number of thiophene rings is 1. The number of aromatic nitrogens is 3. The molecular weight excluding hydrogens is 446 g/mol. The molecule has 1 amide bonds. The van der Waals surface area contributed by atoms with Gasteiger partial charge < -0.3 is 4.57 Å². The predicted molar refractivity (Wildman–Crippen MR) is 114 cm³/mol. The van der Waals surface area contributed by atoms with Gasteiger partial charge in [-0.15, -0.1) is 21.5 Å². The first-order valence-corrected chi connectivity index (χ1v) is 10.9. The molecule has 2 aromatic heterocycles. The topological polar surface area (TPSA) is 72.2 Å². The summed E-state index contributed by atoms with van der Waals surface area (Å²) in [6.45, 7) is 4.81. The van der Waals surface area contributed by atoms with Crippen LogP contribution in [0, 0.1) is 6.92 Å². The van der Waals surface area contributed by atoms with Crippen molar-refractivity contribution in [3.8, 4) is 11.4 Å².